The van der Waals surface area contributed by atoms with Crippen LogP contribution in [-0.2, 0) is 16.8 Å². The van der Waals surface area contributed by atoms with Crippen molar-refractivity contribution in [1.29, 1.82) is 0 Å². The predicted octanol–water partition coefficient (Wildman–Crippen LogP) is 1.74. The lowest BCUT2D eigenvalue weighted by Gasteiger charge is -2.14. The number of carbonyl (C=O) groups excluding carboxylic acids is 1. The fraction of sp³-hybridized carbons (Fsp3) is 0.500. The molecule has 0 saturated heterocycles. The van der Waals surface area contributed by atoms with Crippen molar-refractivity contribution in [3.05, 3.63) is 23.1 Å². The molecule has 0 atom stereocenters. The molecule has 7 nitrogen and oxygen atoms in total. The summed E-state index contributed by atoms with van der Waals surface area (Å²) in [6, 6.07) is 1.84. The van der Waals surface area contributed by atoms with Gasteiger partial charge in [-0.05, 0) is 13.8 Å². The molecule has 0 aliphatic rings. The second-order valence-corrected chi connectivity index (χ2v) is 6.21. The van der Waals surface area contributed by atoms with Crippen molar-refractivity contribution >= 4 is 17.4 Å². The van der Waals surface area contributed by atoms with Crippen LogP contribution in [0.3, 0.4) is 0 Å². The first kappa shape index (κ1) is 15.1. The monoisotopic (exact) mass is 290 g/mol. The normalized spacial score (nSPS) is 11.7. The lowest BCUT2D eigenvalue weighted by atomic mass is 9.92. The minimum atomic E-state index is -0.187. The van der Waals surface area contributed by atoms with Gasteiger partial charge in [0.05, 0.1) is 17.1 Å². The number of aromatic amines is 1. The van der Waals surface area contributed by atoms with Crippen molar-refractivity contribution in [1.82, 2.24) is 20.0 Å². The molecule has 0 fully saturated rings. The Bertz CT molecular complexity index is 662. The molecule has 2 aromatic rings. The van der Waals surface area contributed by atoms with Crippen LogP contribution < -0.4 is 11.1 Å². The summed E-state index contributed by atoms with van der Waals surface area (Å²) in [6.07, 6.45) is 0. The van der Waals surface area contributed by atoms with Gasteiger partial charge in [-0.15, -0.1) is 0 Å². The van der Waals surface area contributed by atoms with E-state index in [0.717, 1.165) is 17.1 Å². The number of carbonyl (C=O) groups is 1. The second kappa shape index (κ2) is 5.23. The number of aryl methyl sites for hydroxylation is 1. The zero-order valence-electron chi connectivity index (χ0n) is 13.1. The maximum Gasteiger partial charge on any atom is 0.247 e. The Hall–Kier alpha value is -2.31. The molecule has 7 heteroatoms. The van der Waals surface area contributed by atoms with E-state index in [1.807, 2.05) is 19.9 Å². The number of aromatic nitrogens is 4. The van der Waals surface area contributed by atoms with E-state index >= 15 is 0 Å². The smallest absolute Gasteiger partial charge is 0.247 e. The molecule has 1 amide bonds. The average molecular weight is 290 g/mol. The quantitative estimate of drug-likeness (QED) is 0.801. The molecular weight excluding hydrogens is 268 g/mol. The number of hydrogen-bond donors (Lipinski definition) is 3. The van der Waals surface area contributed by atoms with Gasteiger partial charge in [0.2, 0.25) is 5.91 Å². The summed E-state index contributed by atoms with van der Waals surface area (Å²) < 4.78 is 1.59. The van der Waals surface area contributed by atoms with Gasteiger partial charge >= 0.3 is 0 Å². The largest absolute Gasteiger partial charge is 0.396 e. The highest BCUT2D eigenvalue weighted by atomic mass is 16.2. The number of H-pyrrole nitrogens is 1. The third kappa shape index (κ3) is 3.24. The summed E-state index contributed by atoms with van der Waals surface area (Å²) in [5.41, 5.74) is 8.92. The van der Waals surface area contributed by atoms with Gasteiger partial charge in [0.15, 0.2) is 5.82 Å². The number of nitrogen functional groups attached to an aromatic ring is 1. The predicted molar refractivity (Wildman–Crippen MR) is 82.0 cm³/mol. The maximum atomic E-state index is 12.0. The Morgan fingerprint density at radius 1 is 1.43 bits per heavy atom. The van der Waals surface area contributed by atoms with Crippen molar-refractivity contribution < 1.29 is 4.79 Å². The van der Waals surface area contributed by atoms with Crippen molar-refractivity contribution in [2.45, 2.75) is 46.6 Å². The van der Waals surface area contributed by atoms with Gasteiger partial charge < -0.3 is 11.1 Å². The Kier molecular flexibility index (Phi) is 3.76. The summed E-state index contributed by atoms with van der Waals surface area (Å²) in [5, 5.41) is 14.0. The first-order valence-corrected chi connectivity index (χ1v) is 6.83. The van der Waals surface area contributed by atoms with Crippen LogP contribution in [0.25, 0.3) is 0 Å². The van der Waals surface area contributed by atoms with Crippen LogP contribution >= 0.6 is 0 Å². The second-order valence-electron chi connectivity index (χ2n) is 6.21. The highest BCUT2D eigenvalue weighted by Crippen LogP contribution is 2.22. The number of anilines is 2. The molecule has 0 aliphatic carbocycles. The number of nitrogens with two attached hydrogens (primary N) is 1. The molecule has 0 aromatic carbocycles. The van der Waals surface area contributed by atoms with E-state index in [2.05, 4.69) is 41.4 Å². The Labute approximate surface area is 123 Å². The molecule has 0 aliphatic heterocycles. The van der Waals surface area contributed by atoms with E-state index in [-0.39, 0.29) is 17.9 Å². The molecule has 21 heavy (non-hydrogen) atoms. The SMILES string of the molecule is Cc1nn(CC(=O)Nc2cc(C(C)(C)C)[nH]n2)c(C)c1N. The van der Waals surface area contributed by atoms with E-state index in [4.69, 9.17) is 5.73 Å². The van der Waals surface area contributed by atoms with Crippen molar-refractivity contribution in [3.63, 3.8) is 0 Å². The van der Waals surface area contributed by atoms with E-state index in [1.165, 1.54) is 0 Å². The van der Waals surface area contributed by atoms with Crippen molar-refractivity contribution in [3.8, 4) is 0 Å². The standard InChI is InChI=1S/C14H22N6O/c1-8-13(15)9(2)20(19-8)7-12(21)16-11-6-10(17-18-11)14(3,4)5/h6H,7,15H2,1-5H3,(H2,16,17,18,21). The summed E-state index contributed by atoms with van der Waals surface area (Å²) in [7, 11) is 0. The maximum absolute atomic E-state index is 12.0. The fourth-order valence-electron chi connectivity index (χ4n) is 1.95. The lowest BCUT2D eigenvalue weighted by molar-refractivity contribution is -0.117. The van der Waals surface area contributed by atoms with E-state index in [1.54, 1.807) is 4.68 Å². The third-order valence-electron chi connectivity index (χ3n) is 3.38. The van der Waals surface area contributed by atoms with Crippen LogP contribution in [0.2, 0.25) is 0 Å². The van der Waals surface area contributed by atoms with Gasteiger partial charge in [0.25, 0.3) is 0 Å². The minimum absolute atomic E-state index is 0.0416. The lowest BCUT2D eigenvalue weighted by Crippen LogP contribution is -2.20. The zero-order valence-corrected chi connectivity index (χ0v) is 13.1. The topological polar surface area (TPSA) is 102 Å². The van der Waals surface area contributed by atoms with Crippen LogP contribution in [0.4, 0.5) is 11.5 Å². The van der Waals surface area contributed by atoms with Crippen molar-refractivity contribution in [2.75, 3.05) is 11.1 Å². The van der Waals surface area contributed by atoms with E-state index in [0.29, 0.717) is 11.5 Å². The first-order chi connectivity index (χ1) is 9.68. The molecular formula is C14H22N6O. The minimum Gasteiger partial charge on any atom is -0.396 e. The van der Waals surface area contributed by atoms with Gasteiger partial charge in [-0.1, -0.05) is 20.8 Å². The molecule has 0 spiro atoms. The van der Waals surface area contributed by atoms with Gasteiger partial charge in [-0.25, -0.2) is 0 Å². The highest BCUT2D eigenvalue weighted by Gasteiger charge is 2.18. The number of rotatable bonds is 3. The fourth-order valence-corrected chi connectivity index (χ4v) is 1.95. The summed E-state index contributed by atoms with van der Waals surface area (Å²) in [6.45, 7) is 10.00. The molecule has 0 radical (unpaired) electrons. The Morgan fingerprint density at radius 3 is 2.57 bits per heavy atom. The van der Waals surface area contributed by atoms with Gasteiger partial charge in [-0.2, -0.15) is 10.2 Å². The molecule has 0 bridgehead atoms. The van der Waals surface area contributed by atoms with Crippen LogP contribution in [-0.4, -0.2) is 25.9 Å². The van der Waals surface area contributed by atoms with Crippen LogP contribution in [0, 0.1) is 13.8 Å². The summed E-state index contributed by atoms with van der Waals surface area (Å²) in [5.74, 6) is 0.326. The zero-order chi connectivity index (χ0) is 15.8. The third-order valence-corrected chi connectivity index (χ3v) is 3.38. The number of nitrogens with one attached hydrogen (secondary N) is 2. The van der Waals surface area contributed by atoms with Gasteiger partial charge in [-0.3, -0.25) is 14.6 Å². The molecule has 114 valence electrons. The van der Waals surface area contributed by atoms with Gasteiger partial charge in [0, 0.05) is 17.2 Å². The molecule has 4 N–H and O–H groups in total. The number of hydrogen-bond acceptors (Lipinski definition) is 4. The molecule has 0 unspecified atom stereocenters. The summed E-state index contributed by atoms with van der Waals surface area (Å²) >= 11 is 0. The van der Waals surface area contributed by atoms with Crippen LogP contribution in [0.15, 0.2) is 6.07 Å². The van der Waals surface area contributed by atoms with E-state index < -0.39 is 0 Å². The van der Waals surface area contributed by atoms with E-state index in [9.17, 15) is 4.79 Å². The number of amides is 1. The summed E-state index contributed by atoms with van der Waals surface area (Å²) in [4.78, 5) is 12.0. The van der Waals surface area contributed by atoms with Crippen LogP contribution in [0.5, 0.6) is 0 Å². The Balaban J connectivity index is 2.05. The average Bonchev–Trinajstić information content (AvgIpc) is 2.91. The molecule has 2 heterocycles. The van der Waals surface area contributed by atoms with Crippen molar-refractivity contribution in [2.24, 2.45) is 0 Å². The number of nitrogens with zero attached hydrogens (tertiary/aromatic N) is 3. The molecule has 2 aromatic heterocycles. The first-order valence-electron chi connectivity index (χ1n) is 6.83. The molecule has 0 saturated carbocycles. The Morgan fingerprint density at radius 2 is 2.10 bits per heavy atom. The van der Waals surface area contributed by atoms with Gasteiger partial charge in [0.1, 0.15) is 6.54 Å². The molecule has 2 rings (SSSR count). The van der Waals surface area contributed by atoms with Crippen LogP contribution in [0.1, 0.15) is 37.9 Å². The highest BCUT2D eigenvalue weighted by molar-refractivity contribution is 5.89.